The van der Waals surface area contributed by atoms with Crippen molar-refractivity contribution in [2.24, 2.45) is 0 Å². The fraction of sp³-hybridized carbons (Fsp3) is 0.167. The Kier molecular flexibility index (Phi) is 3.87. The van der Waals surface area contributed by atoms with Crippen LogP contribution in [0.2, 0.25) is 0 Å². The molecule has 7 nitrogen and oxygen atoms in total. The molecule has 0 aliphatic carbocycles. The minimum absolute atomic E-state index is 0.0686. The van der Waals surface area contributed by atoms with Crippen LogP contribution in [0, 0.1) is 10.1 Å². The van der Waals surface area contributed by atoms with Gasteiger partial charge in [-0.25, -0.2) is 0 Å². The molecule has 2 aromatic rings. The second-order valence-corrected chi connectivity index (χ2v) is 3.74. The predicted molar refractivity (Wildman–Crippen MR) is 68.7 cm³/mol. The van der Waals surface area contributed by atoms with E-state index in [1.54, 1.807) is 6.20 Å². The molecule has 0 unspecified atom stereocenters. The molecular formula is C12H12N4O3. The van der Waals surface area contributed by atoms with Gasteiger partial charge in [0.25, 0.3) is 5.88 Å². The lowest BCUT2D eigenvalue weighted by molar-refractivity contribution is -0.386. The zero-order chi connectivity index (χ0) is 13.7. The largest absolute Gasteiger partial charge is 0.472 e. The van der Waals surface area contributed by atoms with E-state index in [4.69, 9.17) is 10.5 Å². The van der Waals surface area contributed by atoms with Crippen LogP contribution in [0.5, 0.6) is 5.88 Å². The van der Waals surface area contributed by atoms with Crippen LogP contribution in [0.25, 0.3) is 0 Å². The molecule has 7 heteroatoms. The van der Waals surface area contributed by atoms with E-state index in [2.05, 4.69) is 9.97 Å². The van der Waals surface area contributed by atoms with Crippen LogP contribution in [0.15, 0.2) is 36.5 Å². The van der Waals surface area contributed by atoms with Gasteiger partial charge in [0.05, 0.1) is 11.5 Å². The summed E-state index contributed by atoms with van der Waals surface area (Å²) in [5.74, 6) is 0.111. The zero-order valence-corrected chi connectivity index (χ0v) is 10.0. The fourth-order valence-corrected chi connectivity index (χ4v) is 1.49. The average Bonchev–Trinajstić information content (AvgIpc) is 2.39. The first-order valence-corrected chi connectivity index (χ1v) is 5.60. The highest BCUT2D eigenvalue weighted by Crippen LogP contribution is 2.25. The summed E-state index contributed by atoms with van der Waals surface area (Å²) in [4.78, 5) is 18.2. The number of ether oxygens (including phenoxy) is 1. The van der Waals surface area contributed by atoms with Gasteiger partial charge in [0.15, 0.2) is 0 Å². The van der Waals surface area contributed by atoms with Crippen LogP contribution in [0.4, 0.5) is 11.5 Å². The predicted octanol–water partition coefficient (Wildman–Crippen LogP) is 1.59. The lowest BCUT2D eigenvalue weighted by atomic mass is 10.3. The molecular weight excluding hydrogens is 248 g/mol. The van der Waals surface area contributed by atoms with E-state index in [0.29, 0.717) is 6.42 Å². The first-order valence-electron chi connectivity index (χ1n) is 5.60. The number of nitrogen functional groups attached to an aromatic ring is 1. The van der Waals surface area contributed by atoms with Crippen molar-refractivity contribution >= 4 is 11.5 Å². The molecule has 0 saturated heterocycles. The smallest absolute Gasteiger partial charge is 0.331 e. The van der Waals surface area contributed by atoms with E-state index in [1.165, 1.54) is 12.1 Å². The molecule has 2 aromatic heterocycles. The lowest BCUT2D eigenvalue weighted by Gasteiger charge is -2.06. The number of nitro groups is 1. The summed E-state index contributed by atoms with van der Waals surface area (Å²) >= 11 is 0. The van der Waals surface area contributed by atoms with Gasteiger partial charge in [-0.15, -0.1) is 0 Å². The Morgan fingerprint density at radius 1 is 1.32 bits per heavy atom. The molecule has 19 heavy (non-hydrogen) atoms. The van der Waals surface area contributed by atoms with Crippen molar-refractivity contribution in [1.82, 2.24) is 9.97 Å². The molecule has 2 rings (SSSR count). The molecule has 0 atom stereocenters. The van der Waals surface area contributed by atoms with Crippen LogP contribution in [0.3, 0.4) is 0 Å². The molecule has 2 N–H and O–H groups in total. The van der Waals surface area contributed by atoms with Gasteiger partial charge in [-0.05, 0) is 18.2 Å². The average molecular weight is 260 g/mol. The zero-order valence-electron chi connectivity index (χ0n) is 10.0. The SMILES string of the molecule is Nc1ccc([N+](=O)[O-])c(OCCc2ccccn2)n1. The van der Waals surface area contributed by atoms with Crippen LogP contribution >= 0.6 is 0 Å². The molecule has 98 valence electrons. The Hall–Kier alpha value is -2.70. The van der Waals surface area contributed by atoms with Gasteiger partial charge in [-0.1, -0.05) is 6.07 Å². The monoisotopic (exact) mass is 260 g/mol. The summed E-state index contributed by atoms with van der Waals surface area (Å²) in [6, 6.07) is 8.17. The van der Waals surface area contributed by atoms with Crippen LogP contribution < -0.4 is 10.5 Å². The van der Waals surface area contributed by atoms with Gasteiger partial charge < -0.3 is 10.5 Å². The number of nitrogens with two attached hydrogens (primary N) is 1. The van der Waals surface area contributed by atoms with Gasteiger partial charge in [0.1, 0.15) is 5.82 Å². The molecule has 0 aliphatic heterocycles. The normalized spacial score (nSPS) is 10.1. The van der Waals surface area contributed by atoms with Gasteiger partial charge in [-0.3, -0.25) is 15.1 Å². The molecule has 0 aliphatic rings. The Morgan fingerprint density at radius 3 is 2.84 bits per heavy atom. The highest BCUT2D eigenvalue weighted by molar-refractivity contribution is 5.46. The highest BCUT2D eigenvalue weighted by Gasteiger charge is 2.16. The third-order valence-corrected chi connectivity index (χ3v) is 2.38. The number of nitrogens with zero attached hydrogens (tertiary/aromatic N) is 3. The van der Waals surface area contributed by atoms with Crippen LogP contribution in [-0.2, 0) is 6.42 Å². The number of anilines is 1. The lowest BCUT2D eigenvalue weighted by Crippen LogP contribution is -2.06. The number of pyridine rings is 2. The third kappa shape index (κ3) is 3.38. The van der Waals surface area contributed by atoms with Crippen LogP contribution in [-0.4, -0.2) is 21.5 Å². The maximum atomic E-state index is 10.8. The van der Waals surface area contributed by atoms with Crippen molar-refractivity contribution < 1.29 is 9.66 Å². The summed E-state index contributed by atoms with van der Waals surface area (Å²) in [5, 5.41) is 10.8. The van der Waals surface area contributed by atoms with E-state index in [1.807, 2.05) is 18.2 Å². The summed E-state index contributed by atoms with van der Waals surface area (Å²) in [7, 11) is 0. The highest BCUT2D eigenvalue weighted by atomic mass is 16.6. The van der Waals surface area contributed by atoms with Gasteiger partial charge >= 0.3 is 5.69 Å². The number of hydrogen-bond acceptors (Lipinski definition) is 6. The molecule has 0 bridgehead atoms. The number of rotatable bonds is 5. The van der Waals surface area contributed by atoms with Gasteiger partial charge in [0.2, 0.25) is 0 Å². The Bertz CT molecular complexity index is 574. The minimum atomic E-state index is -0.553. The molecule has 0 radical (unpaired) electrons. The van der Waals surface area contributed by atoms with Crippen molar-refractivity contribution in [1.29, 1.82) is 0 Å². The molecule has 0 aromatic carbocycles. The second-order valence-electron chi connectivity index (χ2n) is 3.74. The van der Waals surface area contributed by atoms with Gasteiger partial charge in [0, 0.05) is 24.4 Å². The van der Waals surface area contributed by atoms with Crippen molar-refractivity contribution in [3.05, 3.63) is 52.3 Å². The number of aromatic nitrogens is 2. The quantitative estimate of drug-likeness (QED) is 0.646. The van der Waals surface area contributed by atoms with E-state index in [-0.39, 0.29) is 24.0 Å². The van der Waals surface area contributed by atoms with Crippen molar-refractivity contribution in [2.45, 2.75) is 6.42 Å². The molecule has 0 fully saturated rings. The molecule has 2 heterocycles. The molecule has 0 amide bonds. The summed E-state index contributed by atoms with van der Waals surface area (Å²) < 4.78 is 5.31. The molecule has 0 saturated carbocycles. The van der Waals surface area contributed by atoms with Crippen LogP contribution in [0.1, 0.15) is 5.69 Å². The Morgan fingerprint density at radius 2 is 2.16 bits per heavy atom. The summed E-state index contributed by atoms with van der Waals surface area (Å²) in [6.45, 7) is 0.244. The Labute approximate surface area is 109 Å². The summed E-state index contributed by atoms with van der Waals surface area (Å²) in [6.07, 6.45) is 2.21. The van der Waals surface area contributed by atoms with Crippen molar-refractivity contribution in [3.8, 4) is 5.88 Å². The topological polar surface area (TPSA) is 104 Å². The first-order chi connectivity index (χ1) is 9.16. The second kappa shape index (κ2) is 5.76. The fourth-order valence-electron chi connectivity index (χ4n) is 1.49. The summed E-state index contributed by atoms with van der Waals surface area (Å²) in [5.41, 5.74) is 6.13. The molecule has 0 spiro atoms. The van der Waals surface area contributed by atoms with Gasteiger partial charge in [-0.2, -0.15) is 4.98 Å². The first kappa shape index (κ1) is 12.7. The van der Waals surface area contributed by atoms with E-state index < -0.39 is 4.92 Å². The maximum absolute atomic E-state index is 10.8. The standard InChI is InChI=1S/C12H12N4O3/c13-11-5-4-10(16(17)18)12(15-11)19-8-6-9-3-1-2-7-14-9/h1-5,7H,6,8H2,(H2,13,15). The van der Waals surface area contributed by atoms with Crippen molar-refractivity contribution in [3.63, 3.8) is 0 Å². The maximum Gasteiger partial charge on any atom is 0.331 e. The minimum Gasteiger partial charge on any atom is -0.472 e. The number of hydrogen-bond donors (Lipinski definition) is 1. The Balaban J connectivity index is 2.03. The van der Waals surface area contributed by atoms with E-state index in [0.717, 1.165) is 5.69 Å². The van der Waals surface area contributed by atoms with Crippen molar-refractivity contribution in [2.75, 3.05) is 12.3 Å². The van der Waals surface area contributed by atoms with E-state index >= 15 is 0 Å². The van der Waals surface area contributed by atoms with E-state index in [9.17, 15) is 10.1 Å². The third-order valence-electron chi connectivity index (χ3n) is 2.38.